The van der Waals surface area contributed by atoms with Crippen LogP contribution < -0.4 is 10.1 Å². The Balaban J connectivity index is 1.59. The lowest BCUT2D eigenvalue weighted by atomic mass is 10.2. The van der Waals surface area contributed by atoms with Crippen LogP contribution in [0.5, 0.6) is 5.75 Å². The third-order valence-corrected chi connectivity index (χ3v) is 4.91. The zero-order valence-corrected chi connectivity index (χ0v) is 16.4. The summed E-state index contributed by atoms with van der Waals surface area (Å²) < 4.78 is 7.07. The number of carbonyl (C=O) groups is 1. The van der Waals surface area contributed by atoms with E-state index in [4.69, 9.17) is 4.74 Å². The number of carbonyl (C=O) groups excluding carboxylic acids is 1. The maximum Gasteiger partial charge on any atom is 0.230 e. The summed E-state index contributed by atoms with van der Waals surface area (Å²) in [6, 6.07) is 11.3. The number of hydrogen-bond donors (Lipinski definition) is 1. The molecule has 3 rings (SSSR count). The summed E-state index contributed by atoms with van der Waals surface area (Å²) in [5.74, 6) is 1.70. The second kappa shape index (κ2) is 9.70. The molecule has 0 spiro atoms. The molecule has 8 heteroatoms. The van der Waals surface area contributed by atoms with E-state index in [0.717, 1.165) is 22.7 Å². The van der Waals surface area contributed by atoms with Gasteiger partial charge in [-0.15, -0.1) is 16.8 Å². The van der Waals surface area contributed by atoms with Crippen molar-refractivity contribution in [3.63, 3.8) is 0 Å². The van der Waals surface area contributed by atoms with E-state index in [1.54, 1.807) is 25.6 Å². The van der Waals surface area contributed by atoms with Crippen molar-refractivity contribution in [1.82, 2.24) is 25.1 Å². The third kappa shape index (κ3) is 4.98. The van der Waals surface area contributed by atoms with E-state index < -0.39 is 0 Å². The second-order valence-electron chi connectivity index (χ2n) is 5.85. The number of thioether (sulfide) groups is 1. The molecule has 0 aliphatic heterocycles. The van der Waals surface area contributed by atoms with Crippen molar-refractivity contribution < 1.29 is 9.53 Å². The molecule has 1 N–H and O–H groups in total. The number of nitrogens with zero attached hydrogens (tertiary/aromatic N) is 4. The van der Waals surface area contributed by atoms with Gasteiger partial charge >= 0.3 is 0 Å². The highest BCUT2D eigenvalue weighted by atomic mass is 32.2. The molecule has 7 nitrogen and oxygen atoms in total. The van der Waals surface area contributed by atoms with E-state index in [2.05, 4.69) is 27.1 Å². The van der Waals surface area contributed by atoms with Gasteiger partial charge in [0.1, 0.15) is 5.75 Å². The number of amides is 1. The summed E-state index contributed by atoms with van der Waals surface area (Å²) in [7, 11) is 1.62. The summed E-state index contributed by atoms with van der Waals surface area (Å²) in [6.45, 7) is 4.82. The summed E-state index contributed by atoms with van der Waals surface area (Å²) in [4.78, 5) is 16.2. The van der Waals surface area contributed by atoms with E-state index in [1.807, 2.05) is 41.0 Å². The Hall–Kier alpha value is -3.13. The predicted octanol–water partition coefficient (Wildman–Crippen LogP) is 2.94. The minimum absolute atomic E-state index is 0.0700. The molecule has 0 saturated heterocycles. The molecule has 1 aromatic carbocycles. The molecular weight excluding hydrogens is 374 g/mol. The molecule has 0 fully saturated rings. The topological polar surface area (TPSA) is 81.9 Å². The molecule has 3 aromatic rings. The monoisotopic (exact) mass is 395 g/mol. The van der Waals surface area contributed by atoms with Gasteiger partial charge in [-0.25, -0.2) is 0 Å². The summed E-state index contributed by atoms with van der Waals surface area (Å²) in [5, 5.41) is 12.1. The zero-order chi connectivity index (χ0) is 19.8. The first kappa shape index (κ1) is 19.6. The lowest BCUT2D eigenvalue weighted by Crippen LogP contribution is -2.24. The second-order valence-corrected chi connectivity index (χ2v) is 6.80. The number of benzene rings is 1. The van der Waals surface area contributed by atoms with Crippen molar-refractivity contribution in [2.45, 2.75) is 18.2 Å². The van der Waals surface area contributed by atoms with E-state index in [9.17, 15) is 4.79 Å². The number of aromatic nitrogens is 4. The Bertz CT molecular complexity index is 926. The first-order valence-electron chi connectivity index (χ1n) is 8.68. The molecule has 0 aliphatic carbocycles. The predicted molar refractivity (Wildman–Crippen MR) is 109 cm³/mol. The Morgan fingerprint density at radius 2 is 1.96 bits per heavy atom. The highest BCUT2D eigenvalue weighted by Gasteiger charge is 2.14. The van der Waals surface area contributed by atoms with Crippen LogP contribution in [0.1, 0.15) is 5.56 Å². The summed E-state index contributed by atoms with van der Waals surface area (Å²) >= 11 is 1.35. The van der Waals surface area contributed by atoms with Gasteiger partial charge in [-0.3, -0.25) is 14.3 Å². The Morgan fingerprint density at radius 1 is 1.21 bits per heavy atom. The van der Waals surface area contributed by atoms with Gasteiger partial charge < -0.3 is 10.1 Å². The van der Waals surface area contributed by atoms with Crippen LogP contribution in [0.3, 0.4) is 0 Å². The SMILES string of the molecule is C=CCn1c(SCC(=O)NCc2ccc(OC)cc2)nnc1-c1ccncc1. The number of pyridine rings is 1. The van der Waals surface area contributed by atoms with Gasteiger partial charge in [-0.1, -0.05) is 30.0 Å². The molecule has 0 radical (unpaired) electrons. The number of rotatable bonds is 9. The van der Waals surface area contributed by atoms with Gasteiger partial charge in [-0.05, 0) is 29.8 Å². The van der Waals surface area contributed by atoms with E-state index in [-0.39, 0.29) is 11.7 Å². The van der Waals surface area contributed by atoms with Gasteiger partial charge in [0.15, 0.2) is 11.0 Å². The van der Waals surface area contributed by atoms with Gasteiger partial charge in [0.05, 0.1) is 12.9 Å². The van der Waals surface area contributed by atoms with Crippen molar-refractivity contribution in [1.29, 1.82) is 0 Å². The van der Waals surface area contributed by atoms with E-state index in [1.165, 1.54) is 11.8 Å². The molecule has 0 atom stereocenters. The number of hydrogen-bond acceptors (Lipinski definition) is 6. The van der Waals surface area contributed by atoms with Gasteiger partial charge in [0.2, 0.25) is 5.91 Å². The van der Waals surface area contributed by atoms with Crippen LogP contribution in [0.4, 0.5) is 0 Å². The smallest absolute Gasteiger partial charge is 0.230 e. The average molecular weight is 395 g/mol. The Kier molecular flexibility index (Phi) is 6.80. The first-order valence-corrected chi connectivity index (χ1v) is 9.66. The molecule has 0 aliphatic rings. The standard InChI is InChI=1S/C20H21N5O2S/c1-3-12-25-19(16-8-10-21-11-9-16)23-24-20(25)28-14-18(26)22-13-15-4-6-17(27-2)7-5-15/h3-11H,1,12-14H2,2H3,(H,22,26). The number of ether oxygens (including phenoxy) is 1. The normalized spacial score (nSPS) is 10.5. The van der Waals surface area contributed by atoms with Crippen molar-refractivity contribution in [3.05, 3.63) is 67.0 Å². The molecule has 0 bridgehead atoms. The van der Waals surface area contributed by atoms with Crippen LogP contribution in [-0.2, 0) is 17.9 Å². The average Bonchev–Trinajstić information content (AvgIpc) is 3.14. The maximum absolute atomic E-state index is 12.2. The molecular formula is C20H21N5O2S. The fourth-order valence-corrected chi connectivity index (χ4v) is 3.31. The number of allylic oxidation sites excluding steroid dienone is 1. The molecule has 28 heavy (non-hydrogen) atoms. The molecule has 2 aromatic heterocycles. The van der Waals surface area contributed by atoms with E-state index in [0.29, 0.717) is 18.2 Å². The molecule has 2 heterocycles. The lowest BCUT2D eigenvalue weighted by Gasteiger charge is -2.08. The summed E-state index contributed by atoms with van der Waals surface area (Å²) in [6.07, 6.45) is 5.20. The van der Waals surface area contributed by atoms with Crippen molar-refractivity contribution in [2.24, 2.45) is 0 Å². The zero-order valence-electron chi connectivity index (χ0n) is 15.5. The minimum Gasteiger partial charge on any atom is -0.497 e. The van der Waals surface area contributed by atoms with Crippen LogP contribution in [0.2, 0.25) is 0 Å². The molecule has 0 unspecified atom stereocenters. The Labute approximate surface area is 167 Å². The van der Waals surface area contributed by atoms with Crippen molar-refractivity contribution >= 4 is 17.7 Å². The summed E-state index contributed by atoms with van der Waals surface area (Å²) in [5.41, 5.74) is 1.93. The fourth-order valence-electron chi connectivity index (χ4n) is 2.53. The van der Waals surface area contributed by atoms with Gasteiger partial charge in [0, 0.05) is 31.0 Å². The van der Waals surface area contributed by atoms with E-state index >= 15 is 0 Å². The van der Waals surface area contributed by atoms with Gasteiger partial charge in [0.25, 0.3) is 0 Å². The Morgan fingerprint density at radius 3 is 2.64 bits per heavy atom. The molecule has 1 amide bonds. The lowest BCUT2D eigenvalue weighted by molar-refractivity contribution is -0.118. The highest BCUT2D eigenvalue weighted by molar-refractivity contribution is 7.99. The van der Waals surface area contributed by atoms with Crippen molar-refractivity contribution in [3.8, 4) is 17.1 Å². The number of nitrogens with one attached hydrogen (secondary N) is 1. The van der Waals surface area contributed by atoms with Crippen LogP contribution in [-0.4, -0.2) is 38.5 Å². The minimum atomic E-state index is -0.0700. The highest BCUT2D eigenvalue weighted by Crippen LogP contribution is 2.23. The van der Waals surface area contributed by atoms with Crippen LogP contribution >= 0.6 is 11.8 Å². The third-order valence-electron chi connectivity index (χ3n) is 3.95. The maximum atomic E-state index is 12.2. The quantitative estimate of drug-likeness (QED) is 0.443. The number of methoxy groups -OCH3 is 1. The molecule has 144 valence electrons. The largest absolute Gasteiger partial charge is 0.497 e. The van der Waals surface area contributed by atoms with Crippen LogP contribution in [0.15, 0.2) is 66.6 Å². The first-order chi connectivity index (χ1) is 13.7. The van der Waals surface area contributed by atoms with Crippen LogP contribution in [0, 0.1) is 0 Å². The van der Waals surface area contributed by atoms with Gasteiger partial charge in [-0.2, -0.15) is 0 Å². The van der Waals surface area contributed by atoms with Crippen LogP contribution in [0.25, 0.3) is 11.4 Å². The van der Waals surface area contributed by atoms with Crippen molar-refractivity contribution in [2.75, 3.05) is 12.9 Å². The molecule has 0 saturated carbocycles. The fraction of sp³-hybridized carbons (Fsp3) is 0.200.